The number of amides is 1. The molecular formula is C19H21ClN2O3S. The smallest absolute Gasteiger partial charge is 0.263 e. The van der Waals surface area contributed by atoms with E-state index in [1.807, 2.05) is 0 Å². The Hall–Kier alpha value is -2.05. The van der Waals surface area contributed by atoms with E-state index in [0.29, 0.717) is 30.3 Å². The van der Waals surface area contributed by atoms with E-state index in [9.17, 15) is 13.2 Å². The molecule has 0 saturated carbocycles. The predicted octanol–water partition coefficient (Wildman–Crippen LogP) is 4.01. The molecule has 0 spiro atoms. The Bertz CT molecular complexity index is 900. The summed E-state index contributed by atoms with van der Waals surface area (Å²) in [5.41, 5.74) is 0.766. The van der Waals surface area contributed by atoms with Crippen LogP contribution in [0.1, 0.15) is 30.1 Å². The first-order chi connectivity index (χ1) is 12.4. The van der Waals surface area contributed by atoms with Crippen LogP contribution in [-0.4, -0.2) is 32.3 Å². The number of hydrogen-bond acceptors (Lipinski definition) is 3. The first kappa shape index (κ1) is 18.7. The maximum absolute atomic E-state index is 12.8. The van der Waals surface area contributed by atoms with Crippen LogP contribution in [0.5, 0.6) is 0 Å². The molecule has 1 saturated heterocycles. The van der Waals surface area contributed by atoms with E-state index >= 15 is 0 Å². The third kappa shape index (κ3) is 4.19. The Morgan fingerprint density at radius 3 is 2.62 bits per heavy atom. The number of hydrogen-bond donors (Lipinski definition) is 1. The van der Waals surface area contributed by atoms with Crippen molar-refractivity contribution in [3.8, 4) is 0 Å². The summed E-state index contributed by atoms with van der Waals surface area (Å²) in [6.45, 7) is 3.49. The van der Waals surface area contributed by atoms with E-state index in [1.165, 1.54) is 12.1 Å². The lowest BCUT2D eigenvalue weighted by atomic mass is 9.99. The van der Waals surface area contributed by atoms with Gasteiger partial charge in [-0.25, -0.2) is 8.42 Å². The zero-order chi connectivity index (χ0) is 18.7. The molecule has 3 rings (SSSR count). The largest absolute Gasteiger partial charge is 0.338 e. The number of benzene rings is 2. The summed E-state index contributed by atoms with van der Waals surface area (Å²) in [5.74, 6) is 0.285. The van der Waals surface area contributed by atoms with Crippen molar-refractivity contribution in [2.24, 2.45) is 5.92 Å². The molecule has 1 unspecified atom stereocenters. The van der Waals surface area contributed by atoms with Crippen molar-refractivity contribution in [1.29, 1.82) is 0 Å². The molecule has 138 valence electrons. The van der Waals surface area contributed by atoms with Crippen LogP contribution in [0, 0.1) is 5.92 Å². The fourth-order valence-corrected chi connectivity index (χ4v) is 4.70. The van der Waals surface area contributed by atoms with Crippen molar-refractivity contribution in [2.75, 3.05) is 17.8 Å². The van der Waals surface area contributed by atoms with Crippen molar-refractivity contribution in [1.82, 2.24) is 4.90 Å². The number of carbonyl (C=O) groups excluding carboxylic acids is 1. The molecule has 1 N–H and O–H groups in total. The van der Waals surface area contributed by atoms with Crippen LogP contribution in [0.2, 0.25) is 5.02 Å². The van der Waals surface area contributed by atoms with Gasteiger partial charge in [-0.3, -0.25) is 9.52 Å². The zero-order valence-electron chi connectivity index (χ0n) is 14.5. The molecule has 1 aliphatic rings. The molecule has 7 heteroatoms. The first-order valence-corrected chi connectivity index (χ1v) is 10.4. The summed E-state index contributed by atoms with van der Waals surface area (Å²) in [7, 11) is -3.89. The van der Waals surface area contributed by atoms with Gasteiger partial charge in [0, 0.05) is 24.3 Å². The molecule has 0 bridgehead atoms. The third-order valence-corrected chi connectivity index (χ3v) is 6.30. The Labute approximate surface area is 159 Å². The van der Waals surface area contributed by atoms with E-state index in [2.05, 4.69) is 11.6 Å². The quantitative estimate of drug-likeness (QED) is 0.854. The summed E-state index contributed by atoms with van der Waals surface area (Å²) in [6, 6.07) is 12.9. The third-order valence-electron chi connectivity index (χ3n) is 4.44. The van der Waals surface area contributed by atoms with Gasteiger partial charge in [0.15, 0.2) is 0 Å². The summed E-state index contributed by atoms with van der Waals surface area (Å²) in [5, 5.41) is 0.0805. The van der Waals surface area contributed by atoms with Gasteiger partial charge in [-0.05, 0) is 49.1 Å². The lowest BCUT2D eigenvalue weighted by Gasteiger charge is -2.31. The van der Waals surface area contributed by atoms with Gasteiger partial charge in [-0.15, -0.1) is 0 Å². The number of nitrogens with zero attached hydrogens (tertiary/aromatic N) is 1. The van der Waals surface area contributed by atoms with Crippen LogP contribution in [0.4, 0.5) is 5.69 Å². The number of carbonyl (C=O) groups is 1. The average molecular weight is 393 g/mol. The zero-order valence-corrected chi connectivity index (χ0v) is 16.1. The first-order valence-electron chi connectivity index (χ1n) is 8.53. The van der Waals surface area contributed by atoms with Gasteiger partial charge >= 0.3 is 0 Å². The molecular weight excluding hydrogens is 372 g/mol. The highest BCUT2D eigenvalue weighted by Gasteiger charge is 2.25. The molecule has 1 atom stereocenters. The number of sulfonamides is 1. The highest BCUT2D eigenvalue weighted by Crippen LogP contribution is 2.26. The molecule has 1 amide bonds. The highest BCUT2D eigenvalue weighted by molar-refractivity contribution is 7.92. The van der Waals surface area contributed by atoms with E-state index in [1.54, 1.807) is 41.3 Å². The van der Waals surface area contributed by atoms with Crippen molar-refractivity contribution in [3.05, 3.63) is 59.1 Å². The molecule has 1 aliphatic heterocycles. The molecule has 1 heterocycles. The molecule has 1 fully saturated rings. The molecule has 2 aromatic carbocycles. The molecule has 5 nitrogen and oxygen atoms in total. The van der Waals surface area contributed by atoms with Crippen molar-refractivity contribution in [3.63, 3.8) is 0 Å². The summed E-state index contributed by atoms with van der Waals surface area (Å²) in [4.78, 5) is 14.4. The van der Waals surface area contributed by atoms with Crippen LogP contribution >= 0.6 is 11.6 Å². The van der Waals surface area contributed by atoms with Gasteiger partial charge in [0.05, 0.1) is 5.02 Å². The fourth-order valence-electron chi connectivity index (χ4n) is 3.12. The second-order valence-electron chi connectivity index (χ2n) is 6.62. The lowest BCUT2D eigenvalue weighted by molar-refractivity contribution is 0.0683. The highest BCUT2D eigenvalue weighted by atomic mass is 35.5. The van der Waals surface area contributed by atoms with E-state index in [0.717, 1.165) is 12.8 Å². The van der Waals surface area contributed by atoms with Crippen LogP contribution in [0.3, 0.4) is 0 Å². The number of para-hydroxylation sites is 1. The van der Waals surface area contributed by atoms with Gasteiger partial charge in [0.1, 0.15) is 4.90 Å². The number of anilines is 1. The number of piperidine rings is 1. The summed E-state index contributed by atoms with van der Waals surface area (Å²) >= 11 is 6.12. The van der Waals surface area contributed by atoms with Gasteiger partial charge in [-0.1, -0.05) is 36.7 Å². The monoisotopic (exact) mass is 392 g/mol. The second kappa shape index (κ2) is 7.68. The van der Waals surface area contributed by atoms with Crippen LogP contribution < -0.4 is 4.72 Å². The number of likely N-dealkylation sites (tertiary alicyclic amines) is 1. The van der Waals surface area contributed by atoms with Crippen molar-refractivity contribution in [2.45, 2.75) is 24.7 Å². The Kier molecular flexibility index (Phi) is 5.53. The number of halogens is 1. The van der Waals surface area contributed by atoms with Crippen LogP contribution in [-0.2, 0) is 10.0 Å². The number of nitrogens with one attached hydrogen (secondary N) is 1. The van der Waals surface area contributed by atoms with Gasteiger partial charge < -0.3 is 4.90 Å². The second-order valence-corrected chi connectivity index (χ2v) is 8.67. The van der Waals surface area contributed by atoms with Crippen LogP contribution in [0.25, 0.3) is 0 Å². The van der Waals surface area contributed by atoms with E-state index in [4.69, 9.17) is 11.6 Å². The number of rotatable bonds is 4. The van der Waals surface area contributed by atoms with Gasteiger partial charge in [-0.2, -0.15) is 0 Å². The maximum Gasteiger partial charge on any atom is 0.263 e. The van der Waals surface area contributed by atoms with E-state index < -0.39 is 10.0 Å². The Morgan fingerprint density at radius 2 is 1.92 bits per heavy atom. The Morgan fingerprint density at radius 1 is 1.19 bits per heavy atom. The molecule has 26 heavy (non-hydrogen) atoms. The summed E-state index contributed by atoms with van der Waals surface area (Å²) < 4.78 is 27.9. The molecule has 0 aromatic heterocycles. The SMILES string of the molecule is CC1CCCN(C(=O)c2ccc(Cl)c(S(=O)(=O)Nc3ccccc3)c2)C1. The summed E-state index contributed by atoms with van der Waals surface area (Å²) in [6.07, 6.45) is 2.06. The van der Waals surface area contributed by atoms with Crippen molar-refractivity contribution < 1.29 is 13.2 Å². The topological polar surface area (TPSA) is 66.5 Å². The van der Waals surface area contributed by atoms with Crippen LogP contribution in [0.15, 0.2) is 53.4 Å². The standard InChI is InChI=1S/C19H21ClN2O3S/c1-14-6-5-11-22(13-14)19(23)15-9-10-17(20)18(12-15)26(24,25)21-16-7-3-2-4-8-16/h2-4,7-10,12,14,21H,5-6,11,13H2,1H3. The predicted molar refractivity (Wildman–Crippen MR) is 103 cm³/mol. The molecule has 0 radical (unpaired) electrons. The normalized spacial score (nSPS) is 17.8. The minimum absolute atomic E-state index is 0.0805. The minimum Gasteiger partial charge on any atom is -0.338 e. The molecule has 0 aliphatic carbocycles. The lowest BCUT2D eigenvalue weighted by Crippen LogP contribution is -2.39. The van der Waals surface area contributed by atoms with Gasteiger partial charge in [0.2, 0.25) is 0 Å². The molecule has 2 aromatic rings. The minimum atomic E-state index is -3.89. The Balaban J connectivity index is 1.88. The fraction of sp³-hybridized carbons (Fsp3) is 0.316. The van der Waals surface area contributed by atoms with Crippen molar-refractivity contribution >= 4 is 33.2 Å². The maximum atomic E-state index is 12.8. The van der Waals surface area contributed by atoms with E-state index in [-0.39, 0.29) is 15.8 Å². The van der Waals surface area contributed by atoms with Gasteiger partial charge in [0.25, 0.3) is 15.9 Å². The average Bonchev–Trinajstić information content (AvgIpc) is 2.62.